The molecule has 0 radical (unpaired) electrons. The highest BCUT2D eigenvalue weighted by Gasteiger charge is 2.36. The number of hydrogen-bond acceptors (Lipinski definition) is 7. The minimum absolute atomic E-state index is 0.163. The molecule has 1 atom stereocenters. The molecular weight excluding hydrogens is 336 g/mol. The third-order valence-corrected chi connectivity index (χ3v) is 5.87. The van der Waals surface area contributed by atoms with Gasteiger partial charge in [0.05, 0.1) is 10.8 Å². The average molecular weight is 352 g/mol. The van der Waals surface area contributed by atoms with Gasteiger partial charge in [-0.2, -0.15) is 9.29 Å². The van der Waals surface area contributed by atoms with E-state index in [0.717, 1.165) is 6.42 Å². The van der Waals surface area contributed by atoms with Gasteiger partial charge in [-0.1, -0.05) is 17.3 Å². The van der Waals surface area contributed by atoms with Gasteiger partial charge in [0.1, 0.15) is 0 Å². The number of nitro benzene ring substituents is 1. The Morgan fingerprint density at radius 3 is 2.79 bits per heavy atom. The summed E-state index contributed by atoms with van der Waals surface area (Å²) in [6.45, 7) is 2.16. The third kappa shape index (κ3) is 3.02. The van der Waals surface area contributed by atoms with Gasteiger partial charge in [-0.25, -0.2) is 8.42 Å². The second-order valence-electron chi connectivity index (χ2n) is 5.61. The molecule has 1 aliphatic heterocycles. The van der Waals surface area contributed by atoms with Crippen LogP contribution in [0, 0.1) is 17.0 Å². The topological polar surface area (TPSA) is 119 Å². The number of aryl methyl sites for hydroxylation is 1. The Labute approximate surface area is 138 Å². The number of aromatic nitrogens is 2. The first-order valence-electron chi connectivity index (χ1n) is 7.43. The van der Waals surface area contributed by atoms with Crippen LogP contribution in [0.15, 0.2) is 33.7 Å². The summed E-state index contributed by atoms with van der Waals surface area (Å²) in [6.07, 6.45) is 1.34. The molecule has 1 saturated heterocycles. The number of piperidine rings is 1. The van der Waals surface area contributed by atoms with Gasteiger partial charge in [-0.05, 0) is 25.8 Å². The van der Waals surface area contributed by atoms with Crippen LogP contribution in [-0.2, 0) is 10.0 Å². The lowest BCUT2D eigenvalue weighted by Crippen LogP contribution is -2.39. The van der Waals surface area contributed by atoms with E-state index in [1.807, 2.05) is 0 Å². The van der Waals surface area contributed by atoms with E-state index in [2.05, 4.69) is 10.1 Å². The van der Waals surface area contributed by atoms with E-state index in [1.54, 1.807) is 6.92 Å². The number of nitro groups is 1. The lowest BCUT2D eigenvalue weighted by molar-refractivity contribution is -0.387. The van der Waals surface area contributed by atoms with Crippen LogP contribution in [-0.4, -0.2) is 40.9 Å². The fraction of sp³-hybridized carbons (Fsp3) is 0.429. The fourth-order valence-corrected chi connectivity index (χ4v) is 4.49. The Bertz CT molecular complexity index is 864. The number of para-hydroxylation sites is 1. The minimum atomic E-state index is -3.97. The van der Waals surface area contributed by atoms with Gasteiger partial charge in [0.15, 0.2) is 10.7 Å². The van der Waals surface area contributed by atoms with Crippen LogP contribution < -0.4 is 0 Å². The predicted octanol–water partition coefficient (Wildman–Crippen LogP) is 1.85. The van der Waals surface area contributed by atoms with Crippen molar-refractivity contribution in [3.8, 4) is 0 Å². The maximum absolute atomic E-state index is 12.8. The Hall–Kier alpha value is -2.33. The first-order chi connectivity index (χ1) is 11.4. The Balaban J connectivity index is 1.91. The molecule has 128 valence electrons. The van der Waals surface area contributed by atoms with Crippen molar-refractivity contribution in [2.75, 3.05) is 13.1 Å². The average Bonchev–Trinajstić information content (AvgIpc) is 3.01. The monoisotopic (exact) mass is 352 g/mol. The predicted molar refractivity (Wildman–Crippen MR) is 82.9 cm³/mol. The molecule has 10 heteroatoms. The van der Waals surface area contributed by atoms with Crippen LogP contribution in [0.5, 0.6) is 0 Å². The van der Waals surface area contributed by atoms with Crippen molar-refractivity contribution in [3.05, 3.63) is 46.1 Å². The molecule has 1 fully saturated rings. The molecule has 0 amide bonds. The maximum Gasteiger partial charge on any atom is 0.289 e. The molecule has 9 nitrogen and oxygen atoms in total. The van der Waals surface area contributed by atoms with Crippen LogP contribution in [0.3, 0.4) is 0 Å². The van der Waals surface area contributed by atoms with Crippen molar-refractivity contribution in [2.24, 2.45) is 0 Å². The molecule has 2 heterocycles. The van der Waals surface area contributed by atoms with Gasteiger partial charge >= 0.3 is 0 Å². The second-order valence-corrected chi connectivity index (χ2v) is 7.51. The van der Waals surface area contributed by atoms with Crippen molar-refractivity contribution in [3.63, 3.8) is 0 Å². The van der Waals surface area contributed by atoms with E-state index in [0.29, 0.717) is 24.7 Å². The highest BCUT2D eigenvalue weighted by atomic mass is 32.2. The first-order valence-corrected chi connectivity index (χ1v) is 8.87. The molecular formula is C14H16N4O5S. The highest BCUT2D eigenvalue weighted by Crippen LogP contribution is 2.32. The van der Waals surface area contributed by atoms with Crippen LogP contribution in [0.25, 0.3) is 0 Å². The van der Waals surface area contributed by atoms with Crippen molar-refractivity contribution in [1.82, 2.24) is 14.4 Å². The van der Waals surface area contributed by atoms with Gasteiger partial charge < -0.3 is 4.52 Å². The molecule has 24 heavy (non-hydrogen) atoms. The molecule has 1 aromatic heterocycles. The smallest absolute Gasteiger partial charge is 0.289 e. The summed E-state index contributed by atoms with van der Waals surface area (Å²) >= 11 is 0. The van der Waals surface area contributed by atoms with Crippen molar-refractivity contribution < 1.29 is 17.9 Å². The zero-order chi connectivity index (χ0) is 17.3. The van der Waals surface area contributed by atoms with E-state index in [4.69, 9.17) is 4.52 Å². The number of nitrogens with zero attached hydrogens (tertiary/aromatic N) is 4. The van der Waals surface area contributed by atoms with Crippen LogP contribution in [0.1, 0.15) is 30.5 Å². The molecule has 1 aliphatic rings. The van der Waals surface area contributed by atoms with Crippen LogP contribution in [0.2, 0.25) is 0 Å². The molecule has 0 saturated carbocycles. The molecule has 3 rings (SSSR count). The summed E-state index contributed by atoms with van der Waals surface area (Å²) in [4.78, 5) is 14.3. The molecule has 2 aromatic rings. The summed E-state index contributed by atoms with van der Waals surface area (Å²) in [5.74, 6) is 0.677. The highest BCUT2D eigenvalue weighted by molar-refractivity contribution is 7.89. The van der Waals surface area contributed by atoms with Crippen molar-refractivity contribution in [2.45, 2.75) is 30.6 Å². The summed E-state index contributed by atoms with van der Waals surface area (Å²) in [6, 6.07) is 5.36. The molecule has 0 N–H and O–H groups in total. The standard InChI is InChI=1S/C14H16N4O5S/c1-10-15-14(23-16-10)11-5-4-8-17(9-11)24(21,22)13-7-3-2-6-12(13)18(19)20/h2-3,6-7,11H,4-5,8-9H2,1H3. The quantitative estimate of drug-likeness (QED) is 0.608. The molecule has 0 spiro atoms. The van der Waals surface area contributed by atoms with Gasteiger partial charge in [0.2, 0.25) is 15.9 Å². The fourth-order valence-electron chi connectivity index (χ4n) is 2.81. The van der Waals surface area contributed by atoms with Crippen molar-refractivity contribution in [1.29, 1.82) is 0 Å². The molecule has 1 unspecified atom stereocenters. The number of hydrogen-bond donors (Lipinski definition) is 0. The third-order valence-electron chi connectivity index (χ3n) is 3.96. The largest absolute Gasteiger partial charge is 0.339 e. The van der Waals surface area contributed by atoms with E-state index in [9.17, 15) is 18.5 Å². The number of rotatable bonds is 4. The minimum Gasteiger partial charge on any atom is -0.339 e. The zero-order valence-electron chi connectivity index (χ0n) is 13.0. The number of sulfonamides is 1. The molecule has 0 bridgehead atoms. The van der Waals surface area contributed by atoms with Gasteiger partial charge in [0, 0.05) is 19.2 Å². The summed E-state index contributed by atoms with van der Waals surface area (Å²) in [7, 11) is -3.97. The summed E-state index contributed by atoms with van der Waals surface area (Å²) < 4.78 is 32.1. The Kier molecular flexibility index (Phi) is 4.33. The van der Waals surface area contributed by atoms with E-state index < -0.39 is 20.6 Å². The zero-order valence-corrected chi connectivity index (χ0v) is 13.8. The SMILES string of the molecule is Cc1noc(C2CCCN(S(=O)(=O)c3ccccc3[N+](=O)[O-])C2)n1. The van der Waals surface area contributed by atoms with Crippen LogP contribution >= 0.6 is 0 Å². The Morgan fingerprint density at radius 1 is 1.38 bits per heavy atom. The maximum atomic E-state index is 12.8. The van der Waals surface area contributed by atoms with Gasteiger partial charge in [-0.15, -0.1) is 0 Å². The molecule has 0 aliphatic carbocycles. The van der Waals surface area contributed by atoms with Crippen molar-refractivity contribution >= 4 is 15.7 Å². The lowest BCUT2D eigenvalue weighted by Gasteiger charge is -2.29. The van der Waals surface area contributed by atoms with E-state index >= 15 is 0 Å². The first kappa shape index (κ1) is 16.5. The number of benzene rings is 1. The van der Waals surface area contributed by atoms with Gasteiger partial charge in [-0.3, -0.25) is 10.1 Å². The second kappa shape index (κ2) is 6.29. The molecule has 1 aromatic carbocycles. The van der Waals surface area contributed by atoms with E-state index in [-0.39, 0.29) is 17.4 Å². The van der Waals surface area contributed by atoms with Crippen LogP contribution in [0.4, 0.5) is 5.69 Å². The Morgan fingerprint density at radius 2 is 2.12 bits per heavy atom. The normalized spacial score (nSPS) is 19.3. The van der Waals surface area contributed by atoms with E-state index in [1.165, 1.54) is 28.6 Å². The summed E-state index contributed by atoms with van der Waals surface area (Å²) in [5.41, 5.74) is -0.423. The summed E-state index contributed by atoms with van der Waals surface area (Å²) in [5, 5.41) is 14.9. The van der Waals surface area contributed by atoms with Gasteiger partial charge in [0.25, 0.3) is 5.69 Å². The lowest BCUT2D eigenvalue weighted by atomic mass is 10.00.